The molecule has 0 atom stereocenters. The highest BCUT2D eigenvalue weighted by molar-refractivity contribution is 5.92. The topological polar surface area (TPSA) is 68.0 Å². The molecule has 2 aromatic rings. The molecule has 1 heterocycles. The lowest BCUT2D eigenvalue weighted by atomic mass is 10.1. The Kier molecular flexibility index (Phi) is 3.10. The molecule has 0 saturated heterocycles. The van der Waals surface area contributed by atoms with E-state index in [0.29, 0.717) is 11.3 Å². The minimum absolute atomic E-state index is 0.0659. The third-order valence-electron chi connectivity index (χ3n) is 2.48. The van der Waals surface area contributed by atoms with Crippen LogP contribution in [0.5, 0.6) is 0 Å². The Hall–Kier alpha value is -2.24. The van der Waals surface area contributed by atoms with Gasteiger partial charge in [0.05, 0.1) is 0 Å². The van der Waals surface area contributed by atoms with Crippen LogP contribution in [0.3, 0.4) is 0 Å². The Morgan fingerprint density at radius 3 is 2.72 bits per heavy atom. The van der Waals surface area contributed by atoms with Crippen LogP contribution in [-0.2, 0) is 0 Å². The summed E-state index contributed by atoms with van der Waals surface area (Å²) in [6.45, 7) is 3.70. The van der Waals surface area contributed by atoms with Gasteiger partial charge in [-0.25, -0.2) is 13.9 Å². The number of carbonyl (C=O) groups is 1. The van der Waals surface area contributed by atoms with Gasteiger partial charge in [0.25, 0.3) is 0 Å². The van der Waals surface area contributed by atoms with Crippen molar-refractivity contribution in [3.8, 4) is 11.3 Å². The van der Waals surface area contributed by atoms with Crippen LogP contribution in [0.4, 0.5) is 4.39 Å². The van der Waals surface area contributed by atoms with Gasteiger partial charge in [-0.05, 0) is 26.0 Å². The smallest absolute Gasteiger partial charge is 0.358 e. The monoisotopic (exact) mass is 249 g/mol. The molecule has 94 valence electrons. The first-order chi connectivity index (χ1) is 8.50. The predicted molar refractivity (Wildman–Crippen MR) is 62.8 cm³/mol. The van der Waals surface area contributed by atoms with Gasteiger partial charge in [-0.15, -0.1) is 5.10 Å². The normalized spacial score (nSPS) is 10.9. The van der Waals surface area contributed by atoms with Crippen molar-refractivity contribution in [3.63, 3.8) is 0 Å². The maximum absolute atomic E-state index is 13.2. The number of carboxylic acid groups (broad SMARTS) is 1. The molecule has 0 saturated carbocycles. The first-order valence-electron chi connectivity index (χ1n) is 5.45. The van der Waals surface area contributed by atoms with E-state index in [1.165, 1.54) is 22.9 Å². The van der Waals surface area contributed by atoms with Gasteiger partial charge in [0.1, 0.15) is 11.5 Å². The van der Waals surface area contributed by atoms with E-state index in [1.807, 2.05) is 13.8 Å². The lowest BCUT2D eigenvalue weighted by Gasteiger charge is -2.10. The lowest BCUT2D eigenvalue weighted by Crippen LogP contribution is -2.07. The second kappa shape index (κ2) is 4.56. The van der Waals surface area contributed by atoms with E-state index in [9.17, 15) is 9.18 Å². The molecule has 5 nitrogen and oxygen atoms in total. The van der Waals surface area contributed by atoms with E-state index in [1.54, 1.807) is 6.07 Å². The standard InChI is InChI=1S/C12H12FN3O2/c1-7(2)16-11(10(12(17)18)14-15-16)8-4-3-5-9(13)6-8/h3-7H,1-2H3,(H,17,18). The molecule has 6 heteroatoms. The Labute approximate surface area is 103 Å². The molecule has 0 bridgehead atoms. The third kappa shape index (κ3) is 2.09. The highest BCUT2D eigenvalue weighted by atomic mass is 19.1. The number of hydrogen-bond acceptors (Lipinski definition) is 3. The number of halogens is 1. The average molecular weight is 249 g/mol. The van der Waals surface area contributed by atoms with E-state index in [-0.39, 0.29) is 11.7 Å². The molecule has 1 N–H and O–H groups in total. The summed E-state index contributed by atoms with van der Waals surface area (Å²) in [4.78, 5) is 11.1. The summed E-state index contributed by atoms with van der Waals surface area (Å²) in [5.41, 5.74) is 0.595. The van der Waals surface area contributed by atoms with Crippen molar-refractivity contribution in [2.24, 2.45) is 0 Å². The van der Waals surface area contributed by atoms with Gasteiger partial charge in [0, 0.05) is 11.6 Å². The fraction of sp³-hybridized carbons (Fsp3) is 0.250. The second-order valence-electron chi connectivity index (χ2n) is 4.14. The van der Waals surface area contributed by atoms with Crippen LogP contribution in [0.15, 0.2) is 24.3 Å². The van der Waals surface area contributed by atoms with Crippen LogP contribution in [0.25, 0.3) is 11.3 Å². The fourth-order valence-corrected chi connectivity index (χ4v) is 1.70. The summed E-state index contributed by atoms with van der Waals surface area (Å²) in [5, 5.41) is 16.5. The number of benzene rings is 1. The third-order valence-corrected chi connectivity index (χ3v) is 2.48. The molecule has 0 aliphatic heterocycles. The van der Waals surface area contributed by atoms with Crippen molar-refractivity contribution in [2.45, 2.75) is 19.9 Å². The summed E-state index contributed by atoms with van der Waals surface area (Å²) in [6.07, 6.45) is 0. The number of nitrogens with zero attached hydrogens (tertiary/aromatic N) is 3. The summed E-state index contributed by atoms with van der Waals surface area (Å²) in [7, 11) is 0. The SMILES string of the molecule is CC(C)n1nnc(C(=O)O)c1-c1cccc(F)c1. The van der Waals surface area contributed by atoms with Crippen LogP contribution >= 0.6 is 0 Å². The second-order valence-corrected chi connectivity index (χ2v) is 4.14. The zero-order valence-electron chi connectivity index (χ0n) is 9.96. The highest BCUT2D eigenvalue weighted by Crippen LogP contribution is 2.25. The van der Waals surface area contributed by atoms with Crippen molar-refractivity contribution in [3.05, 3.63) is 35.8 Å². The van der Waals surface area contributed by atoms with Gasteiger partial charge < -0.3 is 5.11 Å². The fourth-order valence-electron chi connectivity index (χ4n) is 1.70. The maximum Gasteiger partial charge on any atom is 0.358 e. The van der Waals surface area contributed by atoms with E-state index in [4.69, 9.17) is 5.11 Å². The number of aromatic carboxylic acids is 1. The molecule has 1 aromatic heterocycles. The molecule has 0 fully saturated rings. The van der Waals surface area contributed by atoms with Gasteiger partial charge in [0.2, 0.25) is 0 Å². The summed E-state index contributed by atoms with van der Waals surface area (Å²) < 4.78 is 14.7. The van der Waals surface area contributed by atoms with Crippen molar-refractivity contribution in [1.82, 2.24) is 15.0 Å². The molecule has 18 heavy (non-hydrogen) atoms. The minimum Gasteiger partial charge on any atom is -0.476 e. The molecule has 0 aliphatic rings. The van der Waals surface area contributed by atoms with Crippen molar-refractivity contribution in [1.29, 1.82) is 0 Å². The Balaban J connectivity index is 2.67. The van der Waals surface area contributed by atoms with Crippen LogP contribution in [-0.4, -0.2) is 26.1 Å². The van der Waals surface area contributed by atoms with Crippen molar-refractivity contribution >= 4 is 5.97 Å². The van der Waals surface area contributed by atoms with Crippen molar-refractivity contribution < 1.29 is 14.3 Å². The van der Waals surface area contributed by atoms with Crippen LogP contribution in [0.2, 0.25) is 0 Å². The van der Waals surface area contributed by atoms with Gasteiger partial charge in [-0.2, -0.15) is 0 Å². The molecule has 0 unspecified atom stereocenters. The van der Waals surface area contributed by atoms with Gasteiger partial charge >= 0.3 is 5.97 Å². The van der Waals surface area contributed by atoms with Gasteiger partial charge in [-0.3, -0.25) is 0 Å². The maximum atomic E-state index is 13.2. The zero-order chi connectivity index (χ0) is 13.3. The molecule has 0 radical (unpaired) electrons. The molecular formula is C12H12FN3O2. The van der Waals surface area contributed by atoms with Gasteiger partial charge in [-0.1, -0.05) is 17.3 Å². The largest absolute Gasteiger partial charge is 0.476 e. The summed E-state index contributed by atoms with van der Waals surface area (Å²) in [6, 6.07) is 5.65. The van der Waals surface area contributed by atoms with E-state index in [0.717, 1.165) is 0 Å². The van der Waals surface area contributed by atoms with Gasteiger partial charge in [0.15, 0.2) is 5.69 Å². The van der Waals surface area contributed by atoms with Crippen molar-refractivity contribution in [2.75, 3.05) is 0 Å². The number of hydrogen-bond donors (Lipinski definition) is 1. The first kappa shape index (κ1) is 12.2. The average Bonchev–Trinajstić information content (AvgIpc) is 2.73. The number of carboxylic acids is 1. The number of aromatic nitrogens is 3. The summed E-state index contributed by atoms with van der Waals surface area (Å²) >= 11 is 0. The first-order valence-corrected chi connectivity index (χ1v) is 5.45. The highest BCUT2D eigenvalue weighted by Gasteiger charge is 2.21. The van der Waals surface area contributed by atoms with E-state index >= 15 is 0 Å². The summed E-state index contributed by atoms with van der Waals surface area (Å²) in [5.74, 6) is -1.61. The molecule has 2 rings (SSSR count). The molecule has 0 aliphatic carbocycles. The minimum atomic E-state index is -1.18. The lowest BCUT2D eigenvalue weighted by molar-refractivity contribution is 0.0691. The Morgan fingerprint density at radius 1 is 1.44 bits per heavy atom. The van der Waals surface area contributed by atoms with Crippen LogP contribution < -0.4 is 0 Å². The van der Waals surface area contributed by atoms with E-state index in [2.05, 4.69) is 10.3 Å². The molecule has 0 spiro atoms. The number of rotatable bonds is 3. The molecule has 0 amide bonds. The van der Waals surface area contributed by atoms with Crippen LogP contribution in [0.1, 0.15) is 30.4 Å². The zero-order valence-corrected chi connectivity index (χ0v) is 9.96. The Morgan fingerprint density at radius 2 is 2.17 bits per heavy atom. The Bertz CT molecular complexity index is 593. The predicted octanol–water partition coefficient (Wildman–Crippen LogP) is 2.36. The molecule has 1 aromatic carbocycles. The molecular weight excluding hydrogens is 237 g/mol. The van der Waals surface area contributed by atoms with Crippen LogP contribution in [0, 0.1) is 5.82 Å². The van der Waals surface area contributed by atoms with E-state index < -0.39 is 11.8 Å². The quantitative estimate of drug-likeness (QED) is 0.906.